The highest BCUT2D eigenvalue weighted by Crippen LogP contribution is 2.42. The Bertz CT molecular complexity index is 759. The van der Waals surface area contributed by atoms with Gasteiger partial charge < -0.3 is 16.0 Å². The number of nitrogens with zero attached hydrogens (tertiary/aromatic N) is 1. The molecule has 2 fully saturated rings. The van der Waals surface area contributed by atoms with Crippen LogP contribution in [0.2, 0.25) is 0 Å². The van der Waals surface area contributed by atoms with Gasteiger partial charge in [-0.15, -0.1) is 0 Å². The predicted octanol–water partition coefficient (Wildman–Crippen LogP) is 1.30. The van der Waals surface area contributed by atoms with Crippen LogP contribution in [0.1, 0.15) is 26.7 Å². The third-order valence-electron chi connectivity index (χ3n) is 4.46. The van der Waals surface area contributed by atoms with Gasteiger partial charge in [-0.3, -0.25) is 19.3 Å². The number of nitrogens with one attached hydrogen (secondary N) is 3. The molecular formula is C17H20N4O4. The van der Waals surface area contributed by atoms with Crippen molar-refractivity contribution in [3.8, 4) is 0 Å². The van der Waals surface area contributed by atoms with E-state index in [0.29, 0.717) is 11.4 Å². The van der Waals surface area contributed by atoms with Crippen molar-refractivity contribution in [3.05, 3.63) is 24.3 Å². The highest BCUT2D eigenvalue weighted by Gasteiger charge is 2.56. The molecular weight excluding hydrogens is 324 g/mol. The fourth-order valence-corrected chi connectivity index (χ4v) is 3.02. The van der Waals surface area contributed by atoms with Crippen LogP contribution >= 0.6 is 0 Å². The van der Waals surface area contributed by atoms with Crippen molar-refractivity contribution in [1.82, 2.24) is 10.2 Å². The lowest BCUT2D eigenvalue weighted by Gasteiger charge is -2.20. The number of anilines is 2. The molecule has 8 nitrogen and oxygen atoms in total. The fourth-order valence-electron chi connectivity index (χ4n) is 3.02. The Morgan fingerprint density at radius 2 is 1.88 bits per heavy atom. The molecule has 3 N–H and O–H groups in total. The van der Waals surface area contributed by atoms with E-state index in [1.54, 1.807) is 31.2 Å². The van der Waals surface area contributed by atoms with Crippen LogP contribution in [0.4, 0.5) is 16.2 Å². The molecule has 1 atom stereocenters. The first kappa shape index (κ1) is 16.9. The number of imide groups is 1. The Balaban J connectivity index is 1.64. The Kier molecular flexibility index (Phi) is 4.20. The van der Waals surface area contributed by atoms with E-state index in [0.717, 1.165) is 17.7 Å². The predicted molar refractivity (Wildman–Crippen MR) is 90.7 cm³/mol. The summed E-state index contributed by atoms with van der Waals surface area (Å²) in [5, 5.41) is 7.95. The van der Waals surface area contributed by atoms with Crippen molar-refractivity contribution in [1.29, 1.82) is 0 Å². The van der Waals surface area contributed by atoms with Gasteiger partial charge in [0, 0.05) is 18.3 Å². The van der Waals surface area contributed by atoms with E-state index in [4.69, 9.17) is 0 Å². The Hall–Kier alpha value is -2.90. The molecule has 1 saturated heterocycles. The number of amides is 5. The van der Waals surface area contributed by atoms with Gasteiger partial charge in [0.05, 0.1) is 0 Å². The summed E-state index contributed by atoms with van der Waals surface area (Å²) in [5.74, 6) is -0.917. The molecule has 2 aliphatic rings. The zero-order valence-corrected chi connectivity index (χ0v) is 14.1. The highest BCUT2D eigenvalue weighted by atomic mass is 16.2. The minimum Gasteiger partial charge on any atom is -0.326 e. The van der Waals surface area contributed by atoms with Crippen LogP contribution in [0.15, 0.2) is 24.3 Å². The molecule has 0 spiro atoms. The van der Waals surface area contributed by atoms with Crippen LogP contribution in [-0.2, 0) is 14.4 Å². The summed E-state index contributed by atoms with van der Waals surface area (Å²) in [7, 11) is 0. The fraction of sp³-hybridized carbons (Fsp3) is 0.412. The van der Waals surface area contributed by atoms with Gasteiger partial charge in [-0.25, -0.2) is 4.79 Å². The molecule has 3 rings (SSSR count). The van der Waals surface area contributed by atoms with Crippen molar-refractivity contribution < 1.29 is 19.2 Å². The number of hydrogen-bond acceptors (Lipinski definition) is 4. The number of benzene rings is 1. The number of urea groups is 1. The van der Waals surface area contributed by atoms with Gasteiger partial charge in [-0.05, 0) is 43.9 Å². The summed E-state index contributed by atoms with van der Waals surface area (Å²) in [6, 6.07) is 6.08. The lowest BCUT2D eigenvalue weighted by Crippen LogP contribution is -2.46. The second-order valence-corrected chi connectivity index (χ2v) is 6.61. The SMILES string of the molecule is CC(=O)Nc1cccc(NC(=O)CN2C(=O)N[C@](C)(C3CC3)C2=O)c1. The van der Waals surface area contributed by atoms with Crippen LogP contribution in [-0.4, -0.2) is 40.7 Å². The van der Waals surface area contributed by atoms with E-state index in [2.05, 4.69) is 16.0 Å². The van der Waals surface area contributed by atoms with Gasteiger partial charge in [-0.1, -0.05) is 6.07 Å². The first-order chi connectivity index (χ1) is 11.8. The minimum absolute atomic E-state index is 0.145. The minimum atomic E-state index is -0.900. The smallest absolute Gasteiger partial charge is 0.325 e. The van der Waals surface area contributed by atoms with E-state index in [9.17, 15) is 19.2 Å². The zero-order chi connectivity index (χ0) is 18.2. The number of carbonyl (C=O) groups excluding carboxylic acids is 4. The van der Waals surface area contributed by atoms with Crippen LogP contribution in [0.5, 0.6) is 0 Å². The average Bonchev–Trinajstić information content (AvgIpc) is 3.33. The number of rotatable bonds is 5. The summed E-state index contributed by atoms with van der Waals surface area (Å²) in [6.07, 6.45) is 1.80. The van der Waals surface area contributed by atoms with Gasteiger partial charge >= 0.3 is 6.03 Å². The van der Waals surface area contributed by atoms with Crippen molar-refractivity contribution in [2.75, 3.05) is 17.2 Å². The van der Waals surface area contributed by atoms with E-state index in [1.807, 2.05) is 0 Å². The van der Waals surface area contributed by atoms with E-state index in [1.165, 1.54) is 6.92 Å². The van der Waals surface area contributed by atoms with Crippen molar-refractivity contribution in [2.45, 2.75) is 32.2 Å². The highest BCUT2D eigenvalue weighted by molar-refractivity contribution is 6.10. The van der Waals surface area contributed by atoms with Crippen LogP contribution < -0.4 is 16.0 Å². The topological polar surface area (TPSA) is 108 Å². The second kappa shape index (κ2) is 6.19. The van der Waals surface area contributed by atoms with E-state index >= 15 is 0 Å². The Labute approximate surface area is 144 Å². The molecule has 1 saturated carbocycles. The van der Waals surface area contributed by atoms with Gasteiger partial charge in [0.2, 0.25) is 11.8 Å². The average molecular weight is 344 g/mol. The second-order valence-electron chi connectivity index (χ2n) is 6.61. The maximum absolute atomic E-state index is 12.5. The maximum atomic E-state index is 12.5. The van der Waals surface area contributed by atoms with E-state index in [-0.39, 0.29) is 24.3 Å². The molecule has 1 heterocycles. The Morgan fingerprint density at radius 3 is 2.48 bits per heavy atom. The first-order valence-electron chi connectivity index (χ1n) is 8.11. The first-order valence-corrected chi connectivity index (χ1v) is 8.11. The number of hydrogen-bond donors (Lipinski definition) is 3. The Morgan fingerprint density at radius 1 is 1.24 bits per heavy atom. The molecule has 5 amide bonds. The lowest BCUT2D eigenvalue weighted by molar-refractivity contribution is -0.134. The van der Waals surface area contributed by atoms with E-state index < -0.39 is 17.5 Å². The molecule has 1 aromatic rings. The molecule has 1 aliphatic heterocycles. The zero-order valence-electron chi connectivity index (χ0n) is 14.1. The molecule has 1 aliphatic carbocycles. The summed E-state index contributed by atoms with van der Waals surface area (Å²) >= 11 is 0. The van der Waals surface area contributed by atoms with Crippen molar-refractivity contribution >= 4 is 35.1 Å². The largest absolute Gasteiger partial charge is 0.326 e. The maximum Gasteiger partial charge on any atom is 0.325 e. The molecule has 8 heteroatoms. The van der Waals surface area contributed by atoms with Crippen LogP contribution in [0.3, 0.4) is 0 Å². The summed E-state index contributed by atoms with van der Waals surface area (Å²) in [4.78, 5) is 48.8. The summed E-state index contributed by atoms with van der Waals surface area (Å²) in [6.45, 7) is 2.75. The normalized spacial score (nSPS) is 22.6. The molecule has 25 heavy (non-hydrogen) atoms. The molecule has 132 valence electrons. The standard InChI is InChI=1S/C17H20N4O4/c1-10(22)18-12-4-3-5-13(8-12)19-14(23)9-21-15(24)17(2,11-6-7-11)20-16(21)25/h3-5,8,11H,6-7,9H2,1-2H3,(H,18,22)(H,19,23)(H,20,25)/t17-/m1/s1. The van der Waals surface area contributed by atoms with Crippen LogP contribution in [0.25, 0.3) is 0 Å². The molecule has 0 aromatic heterocycles. The number of carbonyl (C=O) groups is 4. The van der Waals surface area contributed by atoms with Gasteiger partial charge in [0.25, 0.3) is 5.91 Å². The molecule has 0 radical (unpaired) electrons. The lowest BCUT2D eigenvalue weighted by atomic mass is 9.96. The molecule has 0 bridgehead atoms. The van der Waals surface area contributed by atoms with Crippen LogP contribution in [0, 0.1) is 5.92 Å². The third-order valence-corrected chi connectivity index (χ3v) is 4.46. The molecule has 1 aromatic carbocycles. The third kappa shape index (κ3) is 3.47. The monoisotopic (exact) mass is 344 g/mol. The van der Waals surface area contributed by atoms with Crippen molar-refractivity contribution in [3.63, 3.8) is 0 Å². The molecule has 0 unspecified atom stereocenters. The summed E-state index contributed by atoms with van der Waals surface area (Å²) < 4.78 is 0. The quantitative estimate of drug-likeness (QED) is 0.700. The van der Waals surface area contributed by atoms with Gasteiger partial charge in [0.1, 0.15) is 12.1 Å². The van der Waals surface area contributed by atoms with Crippen molar-refractivity contribution in [2.24, 2.45) is 5.92 Å². The van der Waals surface area contributed by atoms with Gasteiger partial charge in [-0.2, -0.15) is 0 Å². The summed E-state index contributed by atoms with van der Waals surface area (Å²) in [5.41, 5.74) is 0.109. The van der Waals surface area contributed by atoms with Gasteiger partial charge in [0.15, 0.2) is 0 Å².